The van der Waals surface area contributed by atoms with Gasteiger partial charge in [0.25, 0.3) is 3.91 Å². The number of rotatable bonds is 0. The van der Waals surface area contributed by atoms with Gasteiger partial charge in [0.1, 0.15) is 0 Å². The second kappa shape index (κ2) is 4.14. The van der Waals surface area contributed by atoms with Crippen LogP contribution in [0.25, 0.3) is 0 Å². The van der Waals surface area contributed by atoms with Gasteiger partial charge < -0.3 is 4.90 Å². The fraction of sp³-hybridized carbons (Fsp3) is 0.556. The van der Waals surface area contributed by atoms with Crippen molar-refractivity contribution in [1.29, 1.82) is 0 Å². The predicted molar refractivity (Wildman–Crippen MR) is 61.7 cm³/mol. The summed E-state index contributed by atoms with van der Waals surface area (Å²) in [6.45, 7) is 0.422. The molecule has 2 heterocycles. The van der Waals surface area contributed by atoms with Crippen LogP contribution in [0.15, 0.2) is 0 Å². The van der Waals surface area contributed by atoms with Gasteiger partial charge in [-0.2, -0.15) is 18.3 Å². The van der Waals surface area contributed by atoms with E-state index >= 15 is 0 Å². The van der Waals surface area contributed by atoms with Crippen LogP contribution in [0, 0.1) is 0 Å². The normalized spacial score (nSPS) is 15.9. The van der Waals surface area contributed by atoms with Crippen molar-refractivity contribution in [3.63, 3.8) is 0 Å². The van der Waals surface area contributed by atoms with Gasteiger partial charge in [0.05, 0.1) is 6.54 Å². The van der Waals surface area contributed by atoms with E-state index in [9.17, 15) is 18.0 Å². The Kier molecular flexibility index (Phi) is 3.08. The Morgan fingerprint density at radius 3 is 2.65 bits per heavy atom. The summed E-state index contributed by atoms with van der Waals surface area (Å²) in [7, 11) is 1.50. The highest BCUT2D eigenvalue weighted by atomic mass is 127. The van der Waals surface area contributed by atoms with E-state index in [1.165, 1.54) is 16.6 Å². The molecular weight excluding hydrogens is 350 g/mol. The highest BCUT2D eigenvalue weighted by molar-refractivity contribution is 14.1. The van der Waals surface area contributed by atoms with E-state index in [0.717, 1.165) is 0 Å². The zero-order valence-corrected chi connectivity index (χ0v) is 11.0. The Labute approximate surface area is 109 Å². The van der Waals surface area contributed by atoms with Crippen LogP contribution < -0.4 is 0 Å². The molecule has 4 nitrogen and oxygen atoms in total. The van der Waals surface area contributed by atoms with E-state index in [4.69, 9.17) is 0 Å². The number of alkyl halides is 3. The highest BCUT2D eigenvalue weighted by Gasteiger charge is 2.40. The lowest BCUT2D eigenvalue weighted by Crippen LogP contribution is -2.33. The lowest BCUT2D eigenvalue weighted by Gasteiger charge is -2.25. The first-order chi connectivity index (χ1) is 7.80. The summed E-state index contributed by atoms with van der Waals surface area (Å²) >= 11 is 1.58. The first kappa shape index (κ1) is 12.7. The van der Waals surface area contributed by atoms with E-state index in [0.29, 0.717) is 18.7 Å². The molecule has 0 aliphatic carbocycles. The maximum atomic E-state index is 12.7. The van der Waals surface area contributed by atoms with Crippen molar-refractivity contribution in [2.75, 3.05) is 6.54 Å². The third-order valence-electron chi connectivity index (χ3n) is 2.76. The Hall–Kier alpha value is -0.800. The van der Waals surface area contributed by atoms with Crippen LogP contribution >= 0.6 is 22.6 Å². The van der Waals surface area contributed by atoms with E-state index in [2.05, 4.69) is 5.10 Å². The van der Waals surface area contributed by atoms with E-state index in [1.807, 2.05) is 0 Å². The third kappa shape index (κ3) is 2.26. The van der Waals surface area contributed by atoms with Crippen molar-refractivity contribution in [2.45, 2.75) is 19.1 Å². The number of carbonyl (C=O) groups is 1. The average molecular weight is 359 g/mol. The van der Waals surface area contributed by atoms with Crippen LogP contribution in [0.3, 0.4) is 0 Å². The van der Waals surface area contributed by atoms with Crippen LogP contribution in [0.2, 0.25) is 0 Å². The minimum atomic E-state index is -4.47. The quantitative estimate of drug-likeness (QED) is 0.405. The molecule has 0 N–H and O–H groups in total. The van der Waals surface area contributed by atoms with Gasteiger partial charge in [0.15, 0.2) is 5.69 Å². The smallest absolute Gasteiger partial charge is 0.329 e. The van der Waals surface area contributed by atoms with E-state index < -0.39 is 11.9 Å². The van der Waals surface area contributed by atoms with Crippen molar-refractivity contribution in [2.24, 2.45) is 7.05 Å². The molecule has 0 atom stereocenters. The highest BCUT2D eigenvalue weighted by Crippen LogP contribution is 2.35. The lowest BCUT2D eigenvalue weighted by molar-refractivity contribution is -0.142. The molecule has 1 aromatic rings. The first-order valence-electron chi connectivity index (χ1n) is 4.87. The number of carbonyl (C=O) groups excluding carboxylic acids is 1. The summed E-state index contributed by atoms with van der Waals surface area (Å²) in [6, 6.07) is 0. The summed E-state index contributed by atoms with van der Waals surface area (Å²) in [4.78, 5) is 12.6. The molecule has 2 rings (SSSR count). The SMILES string of the molecule is Cn1nc(C(F)(F)F)c2c1CCN(C(=O)I)C2. The molecule has 94 valence electrons. The van der Waals surface area contributed by atoms with Gasteiger partial charge in [0.2, 0.25) is 0 Å². The van der Waals surface area contributed by atoms with Crippen molar-refractivity contribution >= 4 is 26.5 Å². The summed E-state index contributed by atoms with van der Waals surface area (Å²) in [5.74, 6) is 0. The number of fused-ring (bicyclic) bond motifs is 1. The molecule has 1 aliphatic rings. The van der Waals surface area contributed by atoms with Crippen molar-refractivity contribution in [3.05, 3.63) is 17.0 Å². The van der Waals surface area contributed by atoms with Crippen LogP contribution in [0.5, 0.6) is 0 Å². The molecular formula is C9H9F3IN3O. The number of aryl methyl sites for hydroxylation is 1. The van der Waals surface area contributed by atoms with Gasteiger partial charge in [-0.05, 0) is 0 Å². The Bertz CT molecular complexity index is 469. The van der Waals surface area contributed by atoms with Crippen molar-refractivity contribution in [3.8, 4) is 0 Å². The number of nitrogens with zero attached hydrogens (tertiary/aromatic N) is 3. The van der Waals surface area contributed by atoms with Gasteiger partial charge in [-0.25, -0.2) is 0 Å². The molecule has 0 aromatic carbocycles. The van der Waals surface area contributed by atoms with Gasteiger partial charge in [0, 0.05) is 53.9 Å². The molecule has 0 spiro atoms. The molecule has 1 aromatic heterocycles. The number of aromatic nitrogens is 2. The topological polar surface area (TPSA) is 38.1 Å². The fourth-order valence-electron chi connectivity index (χ4n) is 1.97. The van der Waals surface area contributed by atoms with Crippen LogP contribution in [-0.2, 0) is 26.2 Å². The van der Waals surface area contributed by atoms with E-state index in [1.54, 1.807) is 22.6 Å². The lowest BCUT2D eigenvalue weighted by atomic mass is 10.1. The molecule has 0 radical (unpaired) electrons. The summed E-state index contributed by atoms with van der Waals surface area (Å²) in [6.07, 6.45) is -4.06. The average Bonchev–Trinajstić information content (AvgIpc) is 2.55. The van der Waals surface area contributed by atoms with Crippen LogP contribution in [0.1, 0.15) is 17.0 Å². The molecule has 1 amide bonds. The van der Waals surface area contributed by atoms with Crippen molar-refractivity contribution in [1.82, 2.24) is 14.7 Å². The minimum absolute atomic E-state index is 0.0141. The fourth-order valence-corrected chi connectivity index (χ4v) is 2.38. The van der Waals surface area contributed by atoms with Gasteiger partial charge in [-0.15, -0.1) is 0 Å². The monoisotopic (exact) mass is 359 g/mol. The standard InChI is InChI=1S/C9H9F3IN3O/c1-15-6-2-3-16(8(13)17)4-5(6)7(14-15)9(10,11)12/h2-4H2,1H3. The molecule has 17 heavy (non-hydrogen) atoms. The number of halogens is 4. The second-order valence-electron chi connectivity index (χ2n) is 3.82. The number of hydrogen-bond acceptors (Lipinski definition) is 2. The molecule has 0 saturated carbocycles. The minimum Gasteiger partial charge on any atom is -0.329 e. The molecule has 0 bridgehead atoms. The molecule has 0 unspecified atom stereocenters. The Morgan fingerprint density at radius 1 is 1.47 bits per heavy atom. The summed E-state index contributed by atoms with van der Waals surface area (Å²) in [5.41, 5.74) is -0.195. The summed E-state index contributed by atoms with van der Waals surface area (Å²) < 4.78 is 39.2. The van der Waals surface area contributed by atoms with E-state index in [-0.39, 0.29) is 16.0 Å². The van der Waals surface area contributed by atoms with Crippen LogP contribution in [-0.4, -0.2) is 25.1 Å². The maximum Gasteiger partial charge on any atom is 0.435 e. The van der Waals surface area contributed by atoms with Crippen molar-refractivity contribution < 1.29 is 18.0 Å². The van der Waals surface area contributed by atoms with Gasteiger partial charge in [-0.1, -0.05) is 0 Å². The van der Waals surface area contributed by atoms with Crippen LogP contribution in [0.4, 0.5) is 18.0 Å². The van der Waals surface area contributed by atoms with Gasteiger partial charge in [-0.3, -0.25) is 9.48 Å². The first-order valence-corrected chi connectivity index (χ1v) is 5.95. The van der Waals surface area contributed by atoms with Gasteiger partial charge >= 0.3 is 6.18 Å². The second-order valence-corrected chi connectivity index (χ2v) is 4.74. The largest absolute Gasteiger partial charge is 0.435 e. The predicted octanol–water partition coefficient (Wildman–Crippen LogP) is 2.35. The maximum absolute atomic E-state index is 12.7. The molecule has 0 fully saturated rings. The molecule has 1 aliphatic heterocycles. The zero-order chi connectivity index (χ0) is 12.8. The summed E-state index contributed by atoms with van der Waals surface area (Å²) in [5, 5.41) is 3.51. The Morgan fingerprint density at radius 2 is 2.12 bits per heavy atom. The zero-order valence-electron chi connectivity index (χ0n) is 8.88. The number of hydrogen-bond donors (Lipinski definition) is 0. The Balaban J connectivity index is 2.44. The molecule has 8 heteroatoms. The molecule has 0 saturated heterocycles. The number of amides is 1. The third-order valence-corrected chi connectivity index (χ3v) is 3.44.